The van der Waals surface area contributed by atoms with E-state index in [0.717, 1.165) is 16.8 Å². The molecule has 2 rings (SSSR count). The van der Waals surface area contributed by atoms with E-state index in [-0.39, 0.29) is 12.2 Å². The van der Waals surface area contributed by atoms with Gasteiger partial charge in [0.2, 0.25) is 5.91 Å². The summed E-state index contributed by atoms with van der Waals surface area (Å²) in [6.45, 7) is -0.199. The summed E-state index contributed by atoms with van der Waals surface area (Å²) in [6.07, 6.45) is -3.25. The normalized spacial score (nSPS) is 11.4. The van der Waals surface area contributed by atoms with Crippen molar-refractivity contribution >= 4 is 27.5 Å². The Morgan fingerprint density at radius 2 is 2.15 bits per heavy atom. The van der Waals surface area contributed by atoms with Gasteiger partial charge in [0.15, 0.2) is 0 Å². The first-order chi connectivity index (χ1) is 9.36. The summed E-state index contributed by atoms with van der Waals surface area (Å²) < 4.78 is 39.2. The first-order valence-corrected chi connectivity index (χ1v) is 6.03. The van der Waals surface area contributed by atoms with Crippen molar-refractivity contribution < 1.29 is 18.0 Å². The Kier molecular flexibility index (Phi) is 4.02. The van der Waals surface area contributed by atoms with E-state index in [1.54, 1.807) is 0 Å². The zero-order chi connectivity index (χ0) is 14.8. The Balaban J connectivity index is 2.14. The van der Waals surface area contributed by atoms with Gasteiger partial charge in [-0.25, -0.2) is 4.68 Å². The standard InChI is InChI=1S/C10H7BrF3N5O/c11-7-2-1-6(10(12,13)14)3-8(7)16-9(20)4-19-5-15-17-18-19/h1-3,5H,4H2,(H,16,20). The van der Waals surface area contributed by atoms with Crippen LogP contribution in [0.4, 0.5) is 18.9 Å². The second-order valence-corrected chi connectivity index (χ2v) is 4.60. The van der Waals surface area contributed by atoms with Crippen LogP contribution in [0.15, 0.2) is 29.0 Å². The Bertz CT molecular complexity index is 614. The zero-order valence-electron chi connectivity index (χ0n) is 9.73. The van der Waals surface area contributed by atoms with E-state index in [1.807, 2.05) is 0 Å². The molecule has 0 unspecified atom stereocenters. The molecule has 1 aromatic carbocycles. The number of nitrogens with one attached hydrogen (secondary N) is 1. The van der Waals surface area contributed by atoms with Crippen LogP contribution in [-0.2, 0) is 17.5 Å². The van der Waals surface area contributed by atoms with Crippen molar-refractivity contribution in [3.8, 4) is 0 Å². The molecule has 1 N–H and O–H groups in total. The van der Waals surface area contributed by atoms with E-state index < -0.39 is 17.6 Å². The van der Waals surface area contributed by atoms with E-state index >= 15 is 0 Å². The maximum atomic E-state index is 12.6. The van der Waals surface area contributed by atoms with Gasteiger partial charge < -0.3 is 5.32 Å². The fourth-order valence-corrected chi connectivity index (χ4v) is 1.73. The Hall–Kier alpha value is -1.97. The summed E-state index contributed by atoms with van der Waals surface area (Å²) in [5.41, 5.74) is -0.823. The zero-order valence-corrected chi connectivity index (χ0v) is 11.3. The molecule has 1 aromatic heterocycles. The van der Waals surface area contributed by atoms with Crippen molar-refractivity contribution in [2.75, 3.05) is 5.32 Å². The number of nitrogens with zero attached hydrogens (tertiary/aromatic N) is 4. The maximum Gasteiger partial charge on any atom is 0.416 e. The van der Waals surface area contributed by atoms with E-state index in [4.69, 9.17) is 0 Å². The second-order valence-electron chi connectivity index (χ2n) is 3.75. The minimum Gasteiger partial charge on any atom is -0.323 e. The van der Waals surface area contributed by atoms with Crippen molar-refractivity contribution in [2.24, 2.45) is 0 Å². The molecule has 106 valence electrons. The molecule has 0 aliphatic heterocycles. The van der Waals surface area contributed by atoms with Gasteiger partial charge in [-0.1, -0.05) is 0 Å². The second kappa shape index (κ2) is 5.57. The van der Waals surface area contributed by atoms with Crippen LogP contribution in [0.2, 0.25) is 0 Å². The highest BCUT2D eigenvalue weighted by molar-refractivity contribution is 9.10. The lowest BCUT2D eigenvalue weighted by atomic mass is 10.2. The molecule has 1 heterocycles. The SMILES string of the molecule is O=C(Cn1cnnn1)Nc1cc(C(F)(F)F)ccc1Br. The van der Waals surface area contributed by atoms with Crippen molar-refractivity contribution in [3.05, 3.63) is 34.6 Å². The average Bonchev–Trinajstić information content (AvgIpc) is 2.83. The monoisotopic (exact) mass is 349 g/mol. The summed E-state index contributed by atoms with van der Waals surface area (Å²) in [5.74, 6) is -0.544. The highest BCUT2D eigenvalue weighted by Gasteiger charge is 2.31. The number of carbonyl (C=O) groups is 1. The quantitative estimate of drug-likeness (QED) is 0.920. The van der Waals surface area contributed by atoms with Crippen LogP contribution < -0.4 is 5.32 Å². The number of carbonyl (C=O) groups excluding carboxylic acids is 1. The summed E-state index contributed by atoms with van der Waals surface area (Å²) in [5, 5.41) is 12.5. The van der Waals surface area contributed by atoms with E-state index in [2.05, 4.69) is 36.8 Å². The van der Waals surface area contributed by atoms with Gasteiger partial charge in [-0.2, -0.15) is 13.2 Å². The molecule has 0 radical (unpaired) electrons. The average molecular weight is 350 g/mol. The number of anilines is 1. The van der Waals surface area contributed by atoms with Gasteiger partial charge in [-0.15, -0.1) is 5.10 Å². The molecule has 6 nitrogen and oxygen atoms in total. The number of hydrogen-bond acceptors (Lipinski definition) is 4. The number of benzene rings is 1. The maximum absolute atomic E-state index is 12.6. The smallest absolute Gasteiger partial charge is 0.323 e. The molecule has 0 saturated carbocycles. The summed E-state index contributed by atoms with van der Waals surface area (Å²) >= 11 is 3.07. The lowest BCUT2D eigenvalue weighted by molar-refractivity contribution is -0.137. The number of amides is 1. The van der Waals surface area contributed by atoms with E-state index in [9.17, 15) is 18.0 Å². The summed E-state index contributed by atoms with van der Waals surface area (Å²) in [6, 6.07) is 2.98. The molecular formula is C10H7BrF3N5O. The van der Waals surface area contributed by atoms with Crippen molar-refractivity contribution in [1.29, 1.82) is 0 Å². The number of hydrogen-bond donors (Lipinski definition) is 1. The Labute approximate surface area is 119 Å². The number of tetrazole rings is 1. The molecule has 20 heavy (non-hydrogen) atoms. The van der Waals surface area contributed by atoms with Gasteiger partial charge in [0.25, 0.3) is 0 Å². The van der Waals surface area contributed by atoms with Crippen LogP contribution >= 0.6 is 15.9 Å². The lowest BCUT2D eigenvalue weighted by Gasteiger charge is -2.11. The van der Waals surface area contributed by atoms with Gasteiger partial charge >= 0.3 is 6.18 Å². The van der Waals surface area contributed by atoms with Crippen molar-refractivity contribution in [2.45, 2.75) is 12.7 Å². The molecule has 0 aliphatic carbocycles. The molecule has 2 aromatic rings. The van der Waals surface area contributed by atoms with Crippen LogP contribution in [0.1, 0.15) is 5.56 Å². The van der Waals surface area contributed by atoms with Crippen molar-refractivity contribution in [1.82, 2.24) is 20.2 Å². The van der Waals surface area contributed by atoms with Gasteiger partial charge in [-0.05, 0) is 44.6 Å². The minimum absolute atomic E-state index is 0.0258. The van der Waals surface area contributed by atoms with Gasteiger partial charge in [0, 0.05) is 4.47 Å². The fraction of sp³-hybridized carbons (Fsp3) is 0.200. The van der Waals surface area contributed by atoms with Gasteiger partial charge in [0.1, 0.15) is 12.9 Å². The number of rotatable bonds is 3. The third-order valence-corrected chi connectivity index (χ3v) is 2.96. The molecule has 0 fully saturated rings. The predicted octanol–water partition coefficient (Wildman–Crippen LogP) is 2.09. The van der Waals surface area contributed by atoms with Crippen LogP contribution in [0.25, 0.3) is 0 Å². The Morgan fingerprint density at radius 3 is 2.75 bits per heavy atom. The van der Waals surface area contributed by atoms with Crippen molar-refractivity contribution in [3.63, 3.8) is 0 Å². The lowest BCUT2D eigenvalue weighted by Crippen LogP contribution is -2.20. The van der Waals surface area contributed by atoms with E-state index in [1.165, 1.54) is 12.4 Å². The molecule has 0 spiro atoms. The molecule has 0 aliphatic rings. The molecular weight excluding hydrogens is 343 g/mol. The van der Waals surface area contributed by atoms with Crippen LogP contribution in [0.3, 0.4) is 0 Å². The van der Waals surface area contributed by atoms with Gasteiger partial charge in [-0.3, -0.25) is 4.79 Å². The third-order valence-electron chi connectivity index (χ3n) is 2.26. The first kappa shape index (κ1) is 14.4. The fourth-order valence-electron chi connectivity index (χ4n) is 1.39. The predicted molar refractivity (Wildman–Crippen MR) is 65.6 cm³/mol. The third kappa shape index (κ3) is 3.53. The molecule has 1 amide bonds. The molecule has 10 heteroatoms. The highest BCUT2D eigenvalue weighted by Crippen LogP contribution is 2.33. The van der Waals surface area contributed by atoms with Gasteiger partial charge in [0.05, 0.1) is 11.3 Å². The van der Waals surface area contributed by atoms with E-state index in [0.29, 0.717) is 4.47 Å². The minimum atomic E-state index is -4.48. The first-order valence-electron chi connectivity index (χ1n) is 5.23. The summed E-state index contributed by atoms with van der Waals surface area (Å²) in [7, 11) is 0. The topological polar surface area (TPSA) is 72.7 Å². The molecule has 0 atom stereocenters. The largest absolute Gasteiger partial charge is 0.416 e. The van der Waals surface area contributed by atoms with Crippen LogP contribution in [-0.4, -0.2) is 26.1 Å². The van der Waals surface area contributed by atoms with Crippen LogP contribution in [0.5, 0.6) is 0 Å². The molecule has 0 bridgehead atoms. The number of halogens is 4. The molecule has 0 saturated heterocycles. The van der Waals surface area contributed by atoms with Crippen LogP contribution in [0, 0.1) is 0 Å². The number of alkyl halides is 3. The summed E-state index contributed by atoms with van der Waals surface area (Å²) in [4.78, 5) is 11.7. The highest BCUT2D eigenvalue weighted by atomic mass is 79.9. The number of aromatic nitrogens is 4. The Morgan fingerprint density at radius 1 is 1.40 bits per heavy atom.